The number of benzene rings is 5. The van der Waals surface area contributed by atoms with Gasteiger partial charge in [-0.3, -0.25) is 14.1 Å². The first-order valence-electron chi connectivity index (χ1n) is 12.7. The van der Waals surface area contributed by atoms with Gasteiger partial charge in [0.2, 0.25) is 0 Å². The third kappa shape index (κ3) is 3.31. The van der Waals surface area contributed by atoms with Crippen LogP contribution in [0.5, 0.6) is 0 Å². The lowest BCUT2D eigenvalue weighted by Gasteiger charge is -2.18. The Morgan fingerprint density at radius 1 is 0.526 bits per heavy atom. The Hall–Kier alpha value is -4.96. The summed E-state index contributed by atoms with van der Waals surface area (Å²) in [7, 11) is 3.66. The van der Waals surface area contributed by atoms with Crippen LogP contribution >= 0.6 is 0 Å². The Morgan fingerprint density at radius 3 is 1.63 bits per heavy atom. The van der Waals surface area contributed by atoms with E-state index < -0.39 is 0 Å². The van der Waals surface area contributed by atoms with Crippen LogP contribution in [0.2, 0.25) is 0 Å². The van der Waals surface area contributed by atoms with Crippen molar-refractivity contribution >= 4 is 32.6 Å². The largest absolute Gasteiger partial charge is 0.328 e. The van der Waals surface area contributed by atoms with Gasteiger partial charge < -0.3 is 0 Å². The number of hydrogen-bond donors (Lipinski definition) is 0. The molecule has 4 nitrogen and oxygen atoms in total. The van der Waals surface area contributed by atoms with Crippen molar-refractivity contribution in [1.82, 2.24) is 14.1 Å². The molecule has 0 amide bonds. The van der Waals surface area contributed by atoms with E-state index in [4.69, 9.17) is 0 Å². The molecule has 0 saturated heterocycles. The number of imidazole rings is 1. The molecule has 0 saturated carbocycles. The fourth-order valence-electron chi connectivity index (χ4n) is 5.78. The van der Waals surface area contributed by atoms with E-state index in [1.807, 2.05) is 26.4 Å². The van der Waals surface area contributed by atoms with Gasteiger partial charge in [-0.05, 0) is 73.1 Å². The molecule has 0 spiro atoms. The highest BCUT2D eigenvalue weighted by atomic mass is 16.1. The molecule has 0 unspecified atom stereocenters. The van der Waals surface area contributed by atoms with Crippen LogP contribution < -0.4 is 5.69 Å². The van der Waals surface area contributed by atoms with Gasteiger partial charge in [-0.25, -0.2) is 4.79 Å². The van der Waals surface area contributed by atoms with Gasteiger partial charge in [0.25, 0.3) is 0 Å². The highest BCUT2D eigenvalue weighted by Gasteiger charge is 2.18. The van der Waals surface area contributed by atoms with Crippen molar-refractivity contribution in [3.63, 3.8) is 0 Å². The average molecular weight is 492 g/mol. The number of hydrogen-bond acceptors (Lipinski definition) is 2. The predicted molar refractivity (Wildman–Crippen MR) is 157 cm³/mol. The van der Waals surface area contributed by atoms with Crippen molar-refractivity contribution in [1.29, 1.82) is 0 Å². The zero-order chi connectivity index (χ0) is 25.8. The van der Waals surface area contributed by atoms with Crippen molar-refractivity contribution in [3.8, 4) is 33.4 Å². The van der Waals surface area contributed by atoms with Crippen LogP contribution in [0.4, 0.5) is 0 Å². The number of aromatic nitrogens is 3. The molecular weight excluding hydrogens is 466 g/mol. The van der Waals surface area contributed by atoms with Gasteiger partial charge in [0.05, 0.1) is 11.0 Å². The third-order valence-corrected chi connectivity index (χ3v) is 7.66. The highest BCUT2D eigenvalue weighted by Crippen LogP contribution is 2.44. The zero-order valence-corrected chi connectivity index (χ0v) is 21.2. The summed E-state index contributed by atoms with van der Waals surface area (Å²) < 4.78 is 3.43. The van der Waals surface area contributed by atoms with Gasteiger partial charge in [0, 0.05) is 26.5 Å². The quantitative estimate of drug-likeness (QED) is 0.239. The van der Waals surface area contributed by atoms with Crippen molar-refractivity contribution in [3.05, 3.63) is 126 Å². The van der Waals surface area contributed by atoms with Crippen LogP contribution in [0, 0.1) is 0 Å². The van der Waals surface area contributed by atoms with Crippen LogP contribution in [-0.2, 0) is 14.1 Å². The monoisotopic (exact) mass is 491 g/mol. The molecule has 0 N–H and O–H groups in total. The van der Waals surface area contributed by atoms with Gasteiger partial charge in [-0.1, -0.05) is 84.9 Å². The summed E-state index contributed by atoms with van der Waals surface area (Å²) in [4.78, 5) is 16.9. The van der Waals surface area contributed by atoms with Crippen LogP contribution in [0.15, 0.2) is 120 Å². The van der Waals surface area contributed by atoms with Crippen LogP contribution in [0.25, 0.3) is 66.0 Å². The molecule has 0 radical (unpaired) electrons. The van der Waals surface area contributed by atoms with E-state index in [-0.39, 0.29) is 5.69 Å². The Bertz CT molecular complexity index is 1990. The molecule has 0 fully saturated rings. The number of pyridine rings is 1. The smallest absolute Gasteiger partial charge is 0.295 e. The summed E-state index contributed by atoms with van der Waals surface area (Å²) in [5.41, 5.74) is 8.79. The van der Waals surface area contributed by atoms with Crippen molar-refractivity contribution in [2.45, 2.75) is 0 Å². The third-order valence-electron chi connectivity index (χ3n) is 7.66. The van der Waals surface area contributed by atoms with Crippen LogP contribution in [0.3, 0.4) is 0 Å². The molecular formula is C34H25N3O. The van der Waals surface area contributed by atoms with Gasteiger partial charge in [0.15, 0.2) is 0 Å². The lowest BCUT2D eigenvalue weighted by molar-refractivity contribution is 0.795. The first-order chi connectivity index (χ1) is 18.6. The van der Waals surface area contributed by atoms with E-state index >= 15 is 0 Å². The van der Waals surface area contributed by atoms with E-state index in [1.165, 1.54) is 38.2 Å². The van der Waals surface area contributed by atoms with Crippen molar-refractivity contribution in [2.75, 3.05) is 0 Å². The molecule has 182 valence electrons. The molecule has 7 rings (SSSR count). The normalized spacial score (nSPS) is 11.5. The lowest BCUT2D eigenvalue weighted by atomic mass is 9.85. The minimum absolute atomic E-state index is 0.0167. The van der Waals surface area contributed by atoms with Crippen molar-refractivity contribution < 1.29 is 0 Å². The summed E-state index contributed by atoms with van der Waals surface area (Å²) in [5, 5.41) is 4.80. The maximum absolute atomic E-state index is 12.6. The molecule has 0 atom stereocenters. The predicted octanol–water partition coefficient (Wildman–Crippen LogP) is 7.58. The van der Waals surface area contributed by atoms with Crippen molar-refractivity contribution in [2.24, 2.45) is 14.1 Å². The molecule has 0 aliphatic carbocycles. The highest BCUT2D eigenvalue weighted by molar-refractivity contribution is 6.21. The number of nitrogens with zero attached hydrogens (tertiary/aromatic N) is 3. The molecule has 5 aromatic carbocycles. The molecule has 2 aromatic heterocycles. The Kier molecular flexibility index (Phi) is 5.02. The molecule has 2 heterocycles. The second-order valence-electron chi connectivity index (χ2n) is 9.76. The first kappa shape index (κ1) is 22.3. The maximum Gasteiger partial charge on any atom is 0.328 e. The second kappa shape index (κ2) is 8.56. The van der Waals surface area contributed by atoms with Gasteiger partial charge in [-0.2, -0.15) is 0 Å². The SMILES string of the molecule is Cn1c(=O)n(C)c2cc(-c3c4ccccc4c(-c4ccc(-c5cccnc5)cc4)c4ccccc34)ccc21. The number of fused-ring (bicyclic) bond motifs is 3. The summed E-state index contributed by atoms with van der Waals surface area (Å²) in [6.45, 7) is 0. The van der Waals surface area contributed by atoms with Gasteiger partial charge in [-0.15, -0.1) is 0 Å². The Labute approximate surface area is 220 Å². The summed E-state index contributed by atoms with van der Waals surface area (Å²) in [6, 6.07) is 36.4. The number of rotatable bonds is 3. The summed E-state index contributed by atoms with van der Waals surface area (Å²) >= 11 is 0. The van der Waals surface area contributed by atoms with E-state index in [9.17, 15) is 4.79 Å². The van der Waals surface area contributed by atoms with E-state index in [0.717, 1.165) is 27.7 Å². The average Bonchev–Trinajstić information content (AvgIpc) is 3.19. The number of aryl methyl sites for hydroxylation is 2. The van der Waals surface area contributed by atoms with Crippen LogP contribution in [-0.4, -0.2) is 14.1 Å². The fraction of sp³-hybridized carbons (Fsp3) is 0.0588. The minimum atomic E-state index is -0.0167. The topological polar surface area (TPSA) is 39.8 Å². The lowest BCUT2D eigenvalue weighted by Crippen LogP contribution is -2.19. The van der Waals surface area contributed by atoms with Gasteiger partial charge >= 0.3 is 5.69 Å². The molecule has 0 aliphatic rings. The van der Waals surface area contributed by atoms with E-state index in [2.05, 4.69) is 102 Å². The summed E-state index contributed by atoms with van der Waals surface area (Å²) in [5.74, 6) is 0. The first-order valence-corrected chi connectivity index (χ1v) is 12.7. The molecule has 38 heavy (non-hydrogen) atoms. The fourth-order valence-corrected chi connectivity index (χ4v) is 5.78. The Morgan fingerprint density at radius 2 is 1.05 bits per heavy atom. The van der Waals surface area contributed by atoms with Crippen LogP contribution in [0.1, 0.15) is 0 Å². The Balaban J connectivity index is 1.51. The van der Waals surface area contributed by atoms with E-state index in [1.54, 1.807) is 15.3 Å². The molecule has 0 aliphatic heterocycles. The van der Waals surface area contributed by atoms with Gasteiger partial charge in [0.1, 0.15) is 0 Å². The zero-order valence-electron chi connectivity index (χ0n) is 21.2. The minimum Gasteiger partial charge on any atom is -0.295 e. The van der Waals surface area contributed by atoms with E-state index in [0.29, 0.717) is 0 Å². The molecule has 7 aromatic rings. The standard InChI is InChI=1S/C34H25N3O/c1-36-30-18-17-24(20-31(30)37(2)34(36)38)33-28-11-5-3-9-26(28)32(27-10-4-6-12-29(27)33)23-15-13-22(14-16-23)25-8-7-19-35-21-25/h3-21H,1-2H3. The maximum atomic E-state index is 12.6. The molecule has 4 heteroatoms. The molecule has 0 bridgehead atoms. The summed E-state index contributed by atoms with van der Waals surface area (Å²) in [6.07, 6.45) is 3.70. The second-order valence-corrected chi connectivity index (χ2v) is 9.76.